The van der Waals surface area contributed by atoms with Gasteiger partial charge >= 0.3 is 5.69 Å². The molecule has 112 valence electrons. The second kappa shape index (κ2) is 7.85. The summed E-state index contributed by atoms with van der Waals surface area (Å²) in [5.41, 5.74) is 2.32. The largest absolute Gasteiger partial charge is 0.478 e. The molecule has 0 radical (unpaired) electrons. The minimum Gasteiger partial charge on any atom is -0.478 e. The second-order valence-electron chi connectivity index (χ2n) is 3.59. The lowest BCUT2D eigenvalue weighted by Gasteiger charge is -2.05. The third kappa shape index (κ3) is 4.46. The van der Waals surface area contributed by atoms with Crippen LogP contribution in [0.4, 0.5) is 11.5 Å². The van der Waals surface area contributed by atoms with Gasteiger partial charge in [-0.05, 0) is 19.1 Å². The van der Waals surface area contributed by atoms with E-state index < -0.39 is 4.92 Å². The average molecular weight is 313 g/mol. The molecule has 0 unspecified atom stereocenters. The highest BCUT2D eigenvalue weighted by Crippen LogP contribution is 2.24. The molecule has 0 aliphatic carbocycles. The van der Waals surface area contributed by atoms with E-state index in [0.717, 1.165) is 0 Å². The van der Waals surface area contributed by atoms with Gasteiger partial charge in [0.25, 0.3) is 0 Å². The molecule has 9 heteroatoms. The Morgan fingerprint density at radius 3 is 2.95 bits per heavy atom. The monoisotopic (exact) mass is 312 g/mol. The van der Waals surface area contributed by atoms with Crippen molar-refractivity contribution in [2.75, 3.05) is 12.0 Å². The van der Waals surface area contributed by atoms with Gasteiger partial charge in [0.2, 0.25) is 11.7 Å². The summed E-state index contributed by atoms with van der Waals surface area (Å²) in [6, 6.07) is 6.15. The maximum atomic E-state index is 10.9. The molecule has 21 heavy (non-hydrogen) atoms. The van der Waals surface area contributed by atoms with Crippen LogP contribution in [-0.4, -0.2) is 22.7 Å². The van der Waals surface area contributed by atoms with Gasteiger partial charge in [-0.1, -0.05) is 0 Å². The Bertz CT molecular complexity index is 616. The number of furan rings is 1. The lowest BCUT2D eigenvalue weighted by Crippen LogP contribution is -2.02. The molecule has 0 bridgehead atoms. The molecule has 2 heterocycles. The Balaban J connectivity index is 0.00000220. The second-order valence-corrected chi connectivity index (χ2v) is 3.59. The zero-order valence-electron chi connectivity index (χ0n) is 11.1. The molecule has 2 aromatic rings. The first kappa shape index (κ1) is 16.4. The van der Waals surface area contributed by atoms with Gasteiger partial charge in [0.05, 0.1) is 24.0 Å². The first-order valence-electron chi connectivity index (χ1n) is 5.81. The van der Waals surface area contributed by atoms with Gasteiger partial charge in [-0.15, -0.1) is 12.4 Å². The van der Waals surface area contributed by atoms with E-state index in [1.54, 1.807) is 19.1 Å². The van der Waals surface area contributed by atoms with Crippen LogP contribution in [0.2, 0.25) is 0 Å². The average Bonchev–Trinajstić information content (AvgIpc) is 2.92. The van der Waals surface area contributed by atoms with Crippen molar-refractivity contribution < 1.29 is 14.1 Å². The van der Waals surface area contributed by atoms with Crippen LogP contribution in [-0.2, 0) is 0 Å². The summed E-state index contributed by atoms with van der Waals surface area (Å²) in [6.07, 6.45) is 2.89. The summed E-state index contributed by atoms with van der Waals surface area (Å²) in [4.78, 5) is 14.3. The molecule has 0 saturated carbocycles. The number of aromatic nitrogens is 1. The van der Waals surface area contributed by atoms with E-state index >= 15 is 0 Å². The molecule has 1 N–H and O–H groups in total. The van der Waals surface area contributed by atoms with Crippen molar-refractivity contribution in [1.82, 2.24) is 4.98 Å². The number of ether oxygens (including phenoxy) is 1. The smallest absolute Gasteiger partial charge is 0.313 e. The summed E-state index contributed by atoms with van der Waals surface area (Å²) < 4.78 is 10.2. The topological polar surface area (TPSA) is 103 Å². The molecule has 0 fully saturated rings. The van der Waals surface area contributed by atoms with Crippen molar-refractivity contribution in [2.45, 2.75) is 6.92 Å². The molecular weight excluding hydrogens is 300 g/mol. The minimum atomic E-state index is -0.548. The predicted molar refractivity (Wildman–Crippen MR) is 79.2 cm³/mol. The molecule has 0 spiro atoms. The number of rotatable bonds is 6. The molecule has 0 amide bonds. The van der Waals surface area contributed by atoms with Gasteiger partial charge in [-0.3, -0.25) is 15.5 Å². The highest BCUT2D eigenvalue weighted by molar-refractivity contribution is 5.85. The van der Waals surface area contributed by atoms with Gasteiger partial charge in [0.15, 0.2) is 0 Å². The van der Waals surface area contributed by atoms with Crippen molar-refractivity contribution in [3.05, 3.63) is 46.4 Å². The van der Waals surface area contributed by atoms with Crippen LogP contribution in [0.3, 0.4) is 0 Å². The first-order valence-corrected chi connectivity index (χ1v) is 5.81. The van der Waals surface area contributed by atoms with Crippen LogP contribution >= 0.6 is 12.4 Å². The molecule has 2 aromatic heterocycles. The summed E-state index contributed by atoms with van der Waals surface area (Å²) in [5, 5.41) is 14.7. The lowest BCUT2D eigenvalue weighted by atomic mass is 10.4. The molecule has 0 atom stereocenters. The van der Waals surface area contributed by atoms with E-state index in [4.69, 9.17) is 9.15 Å². The fraction of sp³-hybridized carbons (Fsp3) is 0.167. The fourth-order valence-electron chi connectivity index (χ4n) is 1.41. The van der Waals surface area contributed by atoms with Crippen molar-refractivity contribution in [3.63, 3.8) is 0 Å². The first-order chi connectivity index (χ1) is 9.70. The van der Waals surface area contributed by atoms with Gasteiger partial charge in [0, 0.05) is 12.1 Å². The molecule has 8 nitrogen and oxygen atoms in total. The molecule has 0 saturated heterocycles. The highest BCUT2D eigenvalue weighted by Gasteiger charge is 2.16. The van der Waals surface area contributed by atoms with Crippen LogP contribution in [0.15, 0.2) is 40.0 Å². The third-order valence-corrected chi connectivity index (χ3v) is 2.24. The maximum absolute atomic E-state index is 10.9. The van der Waals surface area contributed by atoms with Crippen LogP contribution in [0.5, 0.6) is 5.88 Å². The number of anilines is 1. The number of nitrogens with one attached hydrogen (secondary N) is 1. The fourth-order valence-corrected chi connectivity index (χ4v) is 1.41. The molecular formula is C12H13ClN4O4. The third-order valence-electron chi connectivity index (χ3n) is 2.24. The number of hydrogen-bond acceptors (Lipinski definition) is 7. The molecule has 0 aromatic carbocycles. The van der Waals surface area contributed by atoms with Crippen molar-refractivity contribution in [1.29, 1.82) is 0 Å². The van der Waals surface area contributed by atoms with Crippen LogP contribution in [0.25, 0.3) is 0 Å². The van der Waals surface area contributed by atoms with E-state index in [1.165, 1.54) is 24.6 Å². The van der Waals surface area contributed by atoms with E-state index in [0.29, 0.717) is 12.4 Å². The van der Waals surface area contributed by atoms with Gasteiger partial charge in [0.1, 0.15) is 5.76 Å². The van der Waals surface area contributed by atoms with E-state index in [9.17, 15) is 10.1 Å². The van der Waals surface area contributed by atoms with E-state index in [-0.39, 0.29) is 29.8 Å². The van der Waals surface area contributed by atoms with Crippen molar-refractivity contribution >= 4 is 30.1 Å². The molecule has 2 rings (SSSR count). The molecule has 0 aliphatic heterocycles. The Kier molecular flexibility index (Phi) is 6.15. The number of hydrogen-bond donors (Lipinski definition) is 1. The van der Waals surface area contributed by atoms with E-state index in [2.05, 4.69) is 15.5 Å². The van der Waals surface area contributed by atoms with Crippen LogP contribution in [0.1, 0.15) is 12.7 Å². The normalized spacial score (nSPS) is 10.1. The Labute approximate surface area is 126 Å². The summed E-state index contributed by atoms with van der Waals surface area (Å²) in [5.74, 6) is 0.804. The Morgan fingerprint density at radius 1 is 1.52 bits per heavy atom. The van der Waals surface area contributed by atoms with Crippen molar-refractivity contribution in [2.24, 2.45) is 5.10 Å². The van der Waals surface area contributed by atoms with Crippen LogP contribution < -0.4 is 10.2 Å². The lowest BCUT2D eigenvalue weighted by molar-refractivity contribution is -0.384. The van der Waals surface area contributed by atoms with Crippen molar-refractivity contribution in [3.8, 4) is 5.88 Å². The molecule has 0 aliphatic rings. The number of pyridine rings is 1. The van der Waals surface area contributed by atoms with Gasteiger partial charge in [-0.25, -0.2) is 0 Å². The van der Waals surface area contributed by atoms with Gasteiger partial charge < -0.3 is 9.15 Å². The number of nitrogens with zero attached hydrogens (tertiary/aromatic N) is 3. The van der Waals surface area contributed by atoms with E-state index in [1.807, 2.05) is 0 Å². The standard InChI is InChI=1S/C12H12N4O4.ClH/c1-2-19-11-6-5-10(16(17)18)12(14-11)15-13-8-9-4-3-7-20-9;/h3-8H,2H2,1H3,(H,14,15);1H/b13-8+;. The van der Waals surface area contributed by atoms with Crippen LogP contribution in [0, 0.1) is 10.1 Å². The zero-order chi connectivity index (χ0) is 14.4. The summed E-state index contributed by atoms with van der Waals surface area (Å²) >= 11 is 0. The quantitative estimate of drug-likeness (QED) is 0.500. The summed E-state index contributed by atoms with van der Waals surface area (Å²) in [6.45, 7) is 2.21. The predicted octanol–water partition coefficient (Wildman–Crippen LogP) is 2.85. The Hall–Kier alpha value is -2.61. The number of halogens is 1. The number of hydrazone groups is 1. The Morgan fingerprint density at radius 2 is 2.33 bits per heavy atom. The minimum absolute atomic E-state index is 0. The summed E-state index contributed by atoms with van der Waals surface area (Å²) in [7, 11) is 0. The maximum Gasteiger partial charge on any atom is 0.313 e. The van der Waals surface area contributed by atoms with Gasteiger partial charge in [-0.2, -0.15) is 10.1 Å². The number of nitro groups is 1. The SMILES string of the molecule is CCOc1ccc([N+](=O)[O-])c(N/N=C/c2ccco2)n1.Cl. The zero-order valence-corrected chi connectivity index (χ0v) is 11.9. The highest BCUT2D eigenvalue weighted by atomic mass is 35.5.